The maximum Gasteiger partial charge on any atom is 0.0310 e. The van der Waals surface area contributed by atoms with Crippen LogP contribution in [0.2, 0.25) is 0 Å². The van der Waals surface area contributed by atoms with Crippen molar-refractivity contribution in [1.29, 1.82) is 0 Å². The Labute approximate surface area is 68.3 Å². The largest absolute Gasteiger partial charge is 0.399 e. The zero-order chi connectivity index (χ0) is 8.27. The highest BCUT2D eigenvalue weighted by molar-refractivity contribution is 5.33. The van der Waals surface area contributed by atoms with Crippen molar-refractivity contribution in [3.63, 3.8) is 0 Å². The molecular weight excluding hydrogens is 134 g/mol. The zero-order valence-electron chi connectivity index (χ0n) is 7.06. The van der Waals surface area contributed by atoms with Crippen LogP contribution in [-0.2, 0) is 0 Å². The minimum absolute atomic E-state index is 0.779. The van der Waals surface area contributed by atoms with Gasteiger partial charge in [-0.3, -0.25) is 0 Å². The van der Waals surface area contributed by atoms with Crippen molar-refractivity contribution < 1.29 is 0 Å². The van der Waals surface area contributed by atoms with Gasteiger partial charge in [-0.25, -0.2) is 0 Å². The van der Waals surface area contributed by atoms with Crippen LogP contribution in [0.15, 0.2) is 35.6 Å². The maximum atomic E-state index is 5.62. The summed E-state index contributed by atoms with van der Waals surface area (Å²) < 4.78 is 0. The highest BCUT2D eigenvalue weighted by Crippen LogP contribution is 2.26. The Morgan fingerprint density at radius 2 is 2.27 bits per heavy atom. The van der Waals surface area contributed by atoms with Gasteiger partial charge in [0.05, 0.1) is 0 Å². The first kappa shape index (κ1) is 8.12. The van der Waals surface area contributed by atoms with E-state index < -0.39 is 0 Å². The number of nitrogens with two attached hydrogens (primary N) is 1. The normalized spacial score (nSPS) is 19.2. The summed E-state index contributed by atoms with van der Waals surface area (Å²) in [4.78, 5) is 0. The van der Waals surface area contributed by atoms with E-state index in [1.54, 1.807) is 6.08 Å². The summed E-state index contributed by atoms with van der Waals surface area (Å²) in [7, 11) is 0. The van der Waals surface area contributed by atoms with Crippen LogP contribution in [-0.4, -0.2) is 0 Å². The van der Waals surface area contributed by atoms with Gasteiger partial charge in [0.15, 0.2) is 0 Å². The molecule has 60 valence electrons. The number of allylic oxidation sites excluding steroid dienone is 4. The van der Waals surface area contributed by atoms with Crippen LogP contribution in [0, 0.1) is 0 Å². The molecule has 1 aliphatic rings. The fourth-order valence-corrected chi connectivity index (χ4v) is 1.37. The standard InChI is InChI=1S/C10H15N/c1-3-10(11)7-9-6-4-5-8(9)2/h3,7H,1,4-6,11H2,2H3/b10-7+. The van der Waals surface area contributed by atoms with Gasteiger partial charge in [0.1, 0.15) is 0 Å². The second-order valence-electron chi connectivity index (χ2n) is 3.01. The molecule has 1 nitrogen and oxygen atoms in total. The Balaban J connectivity index is 2.75. The number of hydrogen-bond acceptors (Lipinski definition) is 1. The maximum absolute atomic E-state index is 5.62. The molecule has 0 aliphatic heterocycles. The van der Waals surface area contributed by atoms with Crippen LogP contribution in [0.5, 0.6) is 0 Å². The lowest BCUT2D eigenvalue weighted by Gasteiger charge is -1.96. The van der Waals surface area contributed by atoms with Crippen LogP contribution < -0.4 is 5.73 Å². The first-order valence-electron chi connectivity index (χ1n) is 4.02. The summed E-state index contributed by atoms with van der Waals surface area (Å²) in [6.07, 6.45) is 7.42. The van der Waals surface area contributed by atoms with E-state index in [-0.39, 0.29) is 0 Å². The van der Waals surface area contributed by atoms with E-state index in [0.717, 1.165) is 5.70 Å². The van der Waals surface area contributed by atoms with Gasteiger partial charge >= 0.3 is 0 Å². The predicted molar refractivity (Wildman–Crippen MR) is 49.0 cm³/mol. The molecule has 0 atom stereocenters. The molecule has 0 bridgehead atoms. The van der Waals surface area contributed by atoms with Gasteiger partial charge in [0, 0.05) is 5.70 Å². The van der Waals surface area contributed by atoms with E-state index in [1.165, 1.54) is 30.4 Å². The Bertz CT molecular complexity index is 221. The number of rotatable bonds is 2. The van der Waals surface area contributed by atoms with Gasteiger partial charge in [-0.05, 0) is 43.9 Å². The van der Waals surface area contributed by atoms with Crippen LogP contribution in [0.1, 0.15) is 26.2 Å². The van der Waals surface area contributed by atoms with Crippen molar-refractivity contribution in [3.05, 3.63) is 35.6 Å². The quantitative estimate of drug-likeness (QED) is 0.600. The Morgan fingerprint density at radius 3 is 2.73 bits per heavy atom. The molecule has 1 aliphatic carbocycles. The van der Waals surface area contributed by atoms with Gasteiger partial charge in [-0.15, -0.1) is 0 Å². The average molecular weight is 149 g/mol. The Kier molecular flexibility index (Phi) is 2.53. The molecule has 0 saturated heterocycles. The SMILES string of the molecule is C=C/C(N)=C\C1=C(C)CCC1. The first-order chi connectivity index (χ1) is 5.24. The van der Waals surface area contributed by atoms with Gasteiger partial charge < -0.3 is 5.73 Å². The summed E-state index contributed by atoms with van der Waals surface area (Å²) in [5.41, 5.74) is 9.29. The lowest BCUT2D eigenvalue weighted by molar-refractivity contribution is 0.898. The molecule has 0 aromatic carbocycles. The van der Waals surface area contributed by atoms with Crippen molar-refractivity contribution in [1.82, 2.24) is 0 Å². The van der Waals surface area contributed by atoms with Crippen LogP contribution in [0.4, 0.5) is 0 Å². The molecule has 1 heteroatoms. The monoisotopic (exact) mass is 149 g/mol. The van der Waals surface area contributed by atoms with Crippen molar-refractivity contribution in [3.8, 4) is 0 Å². The minimum atomic E-state index is 0.779. The van der Waals surface area contributed by atoms with E-state index in [9.17, 15) is 0 Å². The van der Waals surface area contributed by atoms with Gasteiger partial charge in [-0.2, -0.15) is 0 Å². The lowest BCUT2D eigenvalue weighted by atomic mass is 10.1. The average Bonchev–Trinajstić information content (AvgIpc) is 2.37. The highest BCUT2D eigenvalue weighted by Gasteiger charge is 2.07. The molecule has 0 radical (unpaired) electrons. The third-order valence-corrected chi connectivity index (χ3v) is 2.12. The van der Waals surface area contributed by atoms with E-state index in [4.69, 9.17) is 5.73 Å². The third-order valence-electron chi connectivity index (χ3n) is 2.12. The molecule has 0 unspecified atom stereocenters. The molecule has 0 fully saturated rings. The molecule has 11 heavy (non-hydrogen) atoms. The molecular formula is C10H15N. The van der Waals surface area contributed by atoms with Crippen molar-refractivity contribution in [2.75, 3.05) is 0 Å². The summed E-state index contributed by atoms with van der Waals surface area (Å²) in [6, 6.07) is 0. The molecule has 0 aromatic heterocycles. The fraction of sp³-hybridized carbons (Fsp3) is 0.400. The van der Waals surface area contributed by atoms with E-state index in [1.807, 2.05) is 6.08 Å². The van der Waals surface area contributed by atoms with E-state index in [2.05, 4.69) is 13.5 Å². The molecule has 0 saturated carbocycles. The highest BCUT2D eigenvalue weighted by atomic mass is 14.5. The molecule has 0 aromatic rings. The van der Waals surface area contributed by atoms with Crippen molar-refractivity contribution in [2.45, 2.75) is 26.2 Å². The van der Waals surface area contributed by atoms with Gasteiger partial charge in [0.2, 0.25) is 0 Å². The van der Waals surface area contributed by atoms with Crippen LogP contribution in [0.3, 0.4) is 0 Å². The second kappa shape index (κ2) is 3.42. The molecule has 0 heterocycles. The lowest BCUT2D eigenvalue weighted by Crippen LogP contribution is -1.92. The topological polar surface area (TPSA) is 26.0 Å². The summed E-state index contributed by atoms with van der Waals surface area (Å²) in [6.45, 7) is 5.79. The van der Waals surface area contributed by atoms with Crippen molar-refractivity contribution in [2.24, 2.45) is 5.73 Å². The Hall–Kier alpha value is -0.980. The Morgan fingerprint density at radius 1 is 1.55 bits per heavy atom. The molecule has 0 amide bonds. The fourth-order valence-electron chi connectivity index (χ4n) is 1.37. The smallest absolute Gasteiger partial charge is 0.0310 e. The number of hydrogen-bond donors (Lipinski definition) is 1. The van der Waals surface area contributed by atoms with E-state index in [0.29, 0.717) is 0 Å². The van der Waals surface area contributed by atoms with Crippen molar-refractivity contribution >= 4 is 0 Å². The third kappa shape index (κ3) is 1.97. The molecule has 1 rings (SSSR count). The molecule has 2 N–H and O–H groups in total. The van der Waals surface area contributed by atoms with Crippen LogP contribution in [0.25, 0.3) is 0 Å². The second-order valence-corrected chi connectivity index (χ2v) is 3.01. The first-order valence-corrected chi connectivity index (χ1v) is 4.02. The van der Waals surface area contributed by atoms with E-state index >= 15 is 0 Å². The van der Waals surface area contributed by atoms with Gasteiger partial charge in [0.25, 0.3) is 0 Å². The zero-order valence-corrected chi connectivity index (χ0v) is 7.06. The van der Waals surface area contributed by atoms with Crippen LogP contribution >= 0.6 is 0 Å². The molecule has 0 spiro atoms. The predicted octanol–water partition coefficient (Wildman–Crippen LogP) is 2.52. The minimum Gasteiger partial charge on any atom is -0.399 e. The summed E-state index contributed by atoms with van der Waals surface area (Å²) in [5.74, 6) is 0. The van der Waals surface area contributed by atoms with Gasteiger partial charge in [-0.1, -0.05) is 12.2 Å². The summed E-state index contributed by atoms with van der Waals surface area (Å²) in [5, 5.41) is 0. The summed E-state index contributed by atoms with van der Waals surface area (Å²) >= 11 is 0.